The first-order valence-electron chi connectivity index (χ1n) is 9.76. The van der Waals surface area contributed by atoms with Crippen molar-refractivity contribution in [1.29, 1.82) is 0 Å². The molecule has 1 N–H and O–H groups in total. The first-order valence-corrected chi connectivity index (χ1v) is 10.7. The lowest BCUT2D eigenvalue weighted by atomic mass is 9.98. The molecule has 0 aliphatic carbocycles. The van der Waals surface area contributed by atoms with Crippen LogP contribution in [0.15, 0.2) is 58.1 Å². The highest BCUT2D eigenvalue weighted by molar-refractivity contribution is 8.03. The molecular formula is C22H20N2O7S. The van der Waals surface area contributed by atoms with Gasteiger partial charge in [-0.3, -0.25) is 14.4 Å². The van der Waals surface area contributed by atoms with Gasteiger partial charge in [0.05, 0.1) is 19.8 Å². The zero-order valence-corrected chi connectivity index (χ0v) is 17.9. The lowest BCUT2D eigenvalue weighted by molar-refractivity contribution is -0.164. The van der Waals surface area contributed by atoms with Crippen molar-refractivity contribution in [2.24, 2.45) is 0 Å². The number of aldehydes is 1. The minimum Gasteiger partial charge on any atom is -0.497 e. The molecule has 2 aliphatic rings. The van der Waals surface area contributed by atoms with Crippen molar-refractivity contribution in [2.45, 2.75) is 30.5 Å². The van der Waals surface area contributed by atoms with Gasteiger partial charge >= 0.3 is 5.97 Å². The molecule has 3 heterocycles. The number of carbonyl (C=O) groups is 4. The summed E-state index contributed by atoms with van der Waals surface area (Å²) in [6.45, 7) is -0.0192. The first-order chi connectivity index (χ1) is 15.5. The molecule has 1 saturated heterocycles. The number of fused-ring (bicyclic) bond motifs is 1. The maximum absolute atomic E-state index is 12.8. The third-order valence-electron chi connectivity index (χ3n) is 5.15. The molecule has 1 aromatic carbocycles. The van der Waals surface area contributed by atoms with E-state index in [2.05, 4.69) is 5.32 Å². The molecule has 32 heavy (non-hydrogen) atoms. The number of esters is 1. The van der Waals surface area contributed by atoms with Crippen LogP contribution in [-0.2, 0) is 36.9 Å². The van der Waals surface area contributed by atoms with Gasteiger partial charge < -0.3 is 24.1 Å². The fourth-order valence-electron chi connectivity index (χ4n) is 3.50. The number of β-lactam (4-membered cyclic amide) rings is 1. The number of nitrogens with zero attached hydrogens (tertiary/aromatic N) is 1. The summed E-state index contributed by atoms with van der Waals surface area (Å²) in [5.74, 6) is -0.384. The Balaban J connectivity index is 1.40. The predicted molar refractivity (Wildman–Crippen MR) is 113 cm³/mol. The Bertz CT molecular complexity index is 1050. The summed E-state index contributed by atoms with van der Waals surface area (Å²) in [7, 11) is 1.55. The van der Waals surface area contributed by atoms with Gasteiger partial charge in [-0.2, -0.15) is 0 Å². The van der Waals surface area contributed by atoms with E-state index in [1.165, 1.54) is 28.3 Å². The predicted octanol–water partition coefficient (Wildman–Crippen LogP) is 1.43. The summed E-state index contributed by atoms with van der Waals surface area (Å²) >= 11 is 1.20. The zero-order chi connectivity index (χ0) is 22.7. The third kappa shape index (κ3) is 4.26. The molecule has 2 aliphatic heterocycles. The van der Waals surface area contributed by atoms with Crippen molar-refractivity contribution < 1.29 is 33.1 Å². The molecule has 1 fully saturated rings. The van der Waals surface area contributed by atoms with Gasteiger partial charge in [0, 0.05) is 5.57 Å². The average Bonchev–Trinajstić information content (AvgIpc) is 3.33. The number of benzene rings is 1. The van der Waals surface area contributed by atoms with Crippen molar-refractivity contribution in [1.82, 2.24) is 10.2 Å². The number of amides is 2. The molecule has 9 nitrogen and oxygen atoms in total. The summed E-state index contributed by atoms with van der Waals surface area (Å²) < 4.78 is 15.6. The maximum atomic E-state index is 12.8. The summed E-state index contributed by atoms with van der Waals surface area (Å²) in [5, 5.41) is 3.70. The van der Waals surface area contributed by atoms with Gasteiger partial charge in [0.15, 0.2) is 6.04 Å². The fraction of sp³-hybridized carbons (Fsp3) is 0.273. The number of methoxy groups -OCH3 is 1. The fourth-order valence-corrected chi connectivity index (χ4v) is 4.68. The van der Waals surface area contributed by atoms with Gasteiger partial charge in [0.25, 0.3) is 0 Å². The van der Waals surface area contributed by atoms with E-state index in [1.807, 2.05) is 0 Å². The summed E-state index contributed by atoms with van der Waals surface area (Å²) in [6.07, 6.45) is 2.00. The highest BCUT2D eigenvalue weighted by atomic mass is 32.2. The van der Waals surface area contributed by atoms with E-state index in [0.717, 1.165) is 5.56 Å². The van der Waals surface area contributed by atoms with Crippen LogP contribution in [0.3, 0.4) is 0 Å². The van der Waals surface area contributed by atoms with E-state index >= 15 is 0 Å². The molecule has 1 aromatic heterocycles. The van der Waals surface area contributed by atoms with Crippen molar-refractivity contribution in [2.75, 3.05) is 7.11 Å². The van der Waals surface area contributed by atoms with E-state index in [0.29, 0.717) is 17.8 Å². The van der Waals surface area contributed by atoms with Gasteiger partial charge in [-0.25, -0.2) is 4.79 Å². The SMILES string of the molecule is COc1ccc(COC(=O)C2C(C=O)=CS[C@H]3C(NC(=O)Cc4ccco4)C(=O)N23)cc1. The molecule has 2 amide bonds. The van der Waals surface area contributed by atoms with Gasteiger partial charge in [-0.1, -0.05) is 12.1 Å². The number of furan rings is 1. The zero-order valence-electron chi connectivity index (χ0n) is 17.1. The van der Waals surface area contributed by atoms with Crippen molar-refractivity contribution >= 4 is 35.8 Å². The number of rotatable bonds is 8. The number of nitrogens with one attached hydrogen (secondary N) is 1. The Labute approximate surface area is 187 Å². The number of ether oxygens (including phenoxy) is 2. The van der Waals surface area contributed by atoms with E-state index in [1.54, 1.807) is 43.5 Å². The highest BCUT2D eigenvalue weighted by Gasteiger charge is 2.56. The normalized spacial score (nSPS) is 21.7. The Morgan fingerprint density at radius 1 is 1.25 bits per heavy atom. The maximum Gasteiger partial charge on any atom is 0.334 e. The van der Waals surface area contributed by atoms with Crippen molar-refractivity contribution in [3.8, 4) is 5.75 Å². The third-order valence-corrected chi connectivity index (χ3v) is 6.33. The lowest BCUT2D eigenvalue weighted by Gasteiger charge is -2.51. The first kappa shape index (κ1) is 21.7. The molecule has 0 saturated carbocycles. The number of hydrogen-bond acceptors (Lipinski definition) is 8. The van der Waals surface area contributed by atoms with Crippen LogP contribution in [0.1, 0.15) is 11.3 Å². The van der Waals surface area contributed by atoms with Crippen LogP contribution >= 0.6 is 11.8 Å². The van der Waals surface area contributed by atoms with Crippen LogP contribution in [0, 0.1) is 0 Å². The minimum absolute atomic E-state index is 0.00305. The van der Waals surface area contributed by atoms with E-state index in [-0.39, 0.29) is 24.5 Å². The van der Waals surface area contributed by atoms with Crippen LogP contribution in [0.25, 0.3) is 0 Å². The summed E-state index contributed by atoms with van der Waals surface area (Å²) in [6, 6.07) is 8.36. The van der Waals surface area contributed by atoms with Crippen molar-refractivity contribution in [3.63, 3.8) is 0 Å². The van der Waals surface area contributed by atoms with Crippen molar-refractivity contribution in [3.05, 3.63) is 65.0 Å². The van der Waals surface area contributed by atoms with Crippen LogP contribution < -0.4 is 10.1 Å². The highest BCUT2D eigenvalue weighted by Crippen LogP contribution is 2.40. The van der Waals surface area contributed by atoms with Crippen LogP contribution in [0.5, 0.6) is 5.75 Å². The molecule has 0 bridgehead atoms. The second kappa shape index (κ2) is 9.31. The Hall–Kier alpha value is -3.53. The number of thioether (sulfide) groups is 1. The molecule has 4 rings (SSSR count). The van der Waals surface area contributed by atoms with Crippen LogP contribution in [0.2, 0.25) is 0 Å². The number of hydrogen-bond donors (Lipinski definition) is 1. The smallest absolute Gasteiger partial charge is 0.334 e. The molecule has 10 heteroatoms. The lowest BCUT2D eigenvalue weighted by Crippen LogP contribution is -2.74. The van der Waals surface area contributed by atoms with Crippen LogP contribution in [0.4, 0.5) is 0 Å². The standard InChI is InChI=1S/C22H20N2O7S/c1-29-15-6-4-13(5-7-15)11-31-22(28)19-14(10-25)12-32-21-18(20(27)24(19)21)23-17(26)9-16-3-2-8-30-16/h2-8,10,12,18-19,21H,9,11H2,1H3,(H,23,26)/t18?,19?,21-/m0/s1. The molecular weight excluding hydrogens is 436 g/mol. The monoisotopic (exact) mass is 456 g/mol. The summed E-state index contributed by atoms with van der Waals surface area (Å²) in [4.78, 5) is 50.6. The molecule has 0 radical (unpaired) electrons. The second-order valence-corrected chi connectivity index (χ2v) is 8.16. The van der Waals surface area contributed by atoms with E-state index in [4.69, 9.17) is 13.9 Å². The Morgan fingerprint density at radius 2 is 2.03 bits per heavy atom. The average molecular weight is 456 g/mol. The quantitative estimate of drug-likeness (QED) is 0.360. The largest absolute Gasteiger partial charge is 0.497 e. The molecule has 3 atom stereocenters. The van der Waals surface area contributed by atoms with E-state index in [9.17, 15) is 19.2 Å². The Morgan fingerprint density at radius 3 is 2.69 bits per heavy atom. The Kier molecular flexibility index (Phi) is 6.31. The second-order valence-electron chi connectivity index (χ2n) is 7.17. The molecule has 166 valence electrons. The molecule has 2 unspecified atom stereocenters. The molecule has 0 spiro atoms. The number of carbonyl (C=O) groups excluding carboxylic acids is 4. The van der Waals surface area contributed by atoms with Gasteiger partial charge in [0.1, 0.15) is 35.8 Å². The van der Waals surface area contributed by atoms with Gasteiger partial charge in [0.2, 0.25) is 11.8 Å². The topological polar surface area (TPSA) is 115 Å². The minimum atomic E-state index is -1.15. The summed E-state index contributed by atoms with van der Waals surface area (Å²) in [5.41, 5.74) is 0.871. The van der Waals surface area contributed by atoms with Gasteiger partial charge in [-0.15, -0.1) is 11.8 Å². The van der Waals surface area contributed by atoms with Crippen LogP contribution in [-0.4, -0.2) is 53.5 Å². The van der Waals surface area contributed by atoms with E-state index < -0.39 is 29.3 Å². The van der Waals surface area contributed by atoms with Gasteiger partial charge in [-0.05, 0) is 35.2 Å². The molecule has 2 aromatic rings.